The molecule has 0 amide bonds. The first kappa shape index (κ1) is 16.5. The first-order chi connectivity index (χ1) is 11.4. The van der Waals surface area contributed by atoms with Crippen LogP contribution in [0.3, 0.4) is 0 Å². The largest absolute Gasteiger partial charge is 0.314 e. The molecule has 0 unspecified atom stereocenters. The molecule has 1 N–H and O–H groups in total. The molecule has 0 aliphatic heterocycles. The normalized spacial score (nSPS) is 11.6. The summed E-state index contributed by atoms with van der Waals surface area (Å²) < 4.78 is 28.2. The van der Waals surface area contributed by atoms with Gasteiger partial charge in [-0.2, -0.15) is 0 Å². The molecule has 3 rings (SSSR count). The Morgan fingerprint density at radius 2 is 1.62 bits per heavy atom. The van der Waals surface area contributed by atoms with Gasteiger partial charge in [0.05, 0.1) is 10.6 Å². The second-order valence-electron chi connectivity index (χ2n) is 5.77. The second kappa shape index (κ2) is 6.26. The molecule has 0 aliphatic rings. The van der Waals surface area contributed by atoms with Crippen LogP contribution in [-0.4, -0.2) is 20.0 Å². The molecule has 0 saturated carbocycles. The number of hydrogen-bond donors (Lipinski definition) is 1. The summed E-state index contributed by atoms with van der Waals surface area (Å²) >= 11 is 0. The molecule has 0 aliphatic carbocycles. The van der Waals surface area contributed by atoms with E-state index >= 15 is 0 Å². The molecule has 0 radical (unpaired) electrons. The average Bonchev–Trinajstić information content (AvgIpc) is 2.96. The van der Waals surface area contributed by atoms with Crippen molar-refractivity contribution in [1.29, 1.82) is 0 Å². The minimum atomic E-state index is -3.42. The molecule has 3 aromatic rings. The Morgan fingerprint density at radius 1 is 0.917 bits per heavy atom. The van der Waals surface area contributed by atoms with E-state index in [0.717, 1.165) is 22.6 Å². The van der Waals surface area contributed by atoms with Crippen LogP contribution in [0.2, 0.25) is 0 Å². The van der Waals surface area contributed by atoms with Crippen molar-refractivity contribution in [1.82, 2.24) is 9.29 Å². The standard InChI is InChI=1S/C19H20N2O2S/c1-14-5-4-6-16(13-14)19-12-7-15(2)21(19)17-8-10-18(11-9-17)24(22,23)20-3/h4-13,20H,1-3H3. The van der Waals surface area contributed by atoms with Gasteiger partial charge in [-0.05, 0) is 68.9 Å². The van der Waals surface area contributed by atoms with Gasteiger partial charge in [0.2, 0.25) is 10.0 Å². The molecule has 2 aromatic carbocycles. The molecule has 0 atom stereocenters. The van der Waals surface area contributed by atoms with Crippen molar-refractivity contribution >= 4 is 10.0 Å². The number of aryl methyl sites for hydroxylation is 2. The van der Waals surface area contributed by atoms with Crippen LogP contribution in [0.25, 0.3) is 16.9 Å². The molecule has 0 spiro atoms. The fourth-order valence-corrected chi connectivity index (χ4v) is 3.53. The van der Waals surface area contributed by atoms with E-state index in [9.17, 15) is 8.42 Å². The fraction of sp³-hybridized carbons (Fsp3) is 0.158. The number of sulfonamides is 1. The summed E-state index contributed by atoms with van der Waals surface area (Å²) in [4.78, 5) is 0.260. The summed E-state index contributed by atoms with van der Waals surface area (Å²) in [7, 11) is -2.01. The second-order valence-corrected chi connectivity index (χ2v) is 7.65. The molecule has 0 saturated heterocycles. The smallest absolute Gasteiger partial charge is 0.240 e. The summed E-state index contributed by atoms with van der Waals surface area (Å²) in [6.45, 7) is 4.11. The minimum Gasteiger partial charge on any atom is -0.314 e. The van der Waals surface area contributed by atoms with E-state index in [-0.39, 0.29) is 4.90 Å². The molecular weight excluding hydrogens is 320 g/mol. The van der Waals surface area contributed by atoms with Crippen LogP contribution in [0, 0.1) is 13.8 Å². The van der Waals surface area contributed by atoms with Crippen molar-refractivity contribution in [2.24, 2.45) is 0 Å². The van der Waals surface area contributed by atoms with Gasteiger partial charge in [0.15, 0.2) is 0 Å². The molecule has 24 heavy (non-hydrogen) atoms. The van der Waals surface area contributed by atoms with Crippen molar-refractivity contribution in [3.63, 3.8) is 0 Å². The Kier molecular flexibility index (Phi) is 4.30. The van der Waals surface area contributed by atoms with E-state index < -0.39 is 10.0 Å². The van der Waals surface area contributed by atoms with Crippen molar-refractivity contribution < 1.29 is 8.42 Å². The molecule has 0 fully saturated rings. The maximum atomic E-state index is 11.9. The van der Waals surface area contributed by atoms with Crippen LogP contribution in [0.15, 0.2) is 65.6 Å². The number of benzene rings is 2. The van der Waals surface area contributed by atoms with Crippen molar-refractivity contribution in [3.8, 4) is 16.9 Å². The van der Waals surface area contributed by atoms with E-state index in [1.807, 2.05) is 25.1 Å². The summed E-state index contributed by atoms with van der Waals surface area (Å²) in [5.74, 6) is 0. The maximum absolute atomic E-state index is 11.9. The zero-order valence-corrected chi connectivity index (χ0v) is 14.8. The van der Waals surface area contributed by atoms with E-state index in [2.05, 4.69) is 46.5 Å². The van der Waals surface area contributed by atoms with E-state index in [4.69, 9.17) is 0 Å². The summed E-state index contributed by atoms with van der Waals surface area (Å²) in [5, 5.41) is 0. The van der Waals surface area contributed by atoms with Crippen LogP contribution in [0.4, 0.5) is 0 Å². The van der Waals surface area contributed by atoms with Crippen LogP contribution in [0.5, 0.6) is 0 Å². The van der Waals surface area contributed by atoms with Crippen molar-refractivity contribution in [3.05, 3.63) is 71.9 Å². The van der Waals surface area contributed by atoms with Gasteiger partial charge in [-0.15, -0.1) is 0 Å². The molecule has 124 valence electrons. The van der Waals surface area contributed by atoms with E-state index in [1.54, 1.807) is 12.1 Å². The SMILES string of the molecule is CNS(=O)(=O)c1ccc(-n2c(C)ccc2-c2cccc(C)c2)cc1. The zero-order chi connectivity index (χ0) is 17.3. The third-order valence-electron chi connectivity index (χ3n) is 4.06. The van der Waals surface area contributed by atoms with Gasteiger partial charge in [0.1, 0.15) is 0 Å². The van der Waals surface area contributed by atoms with Gasteiger partial charge < -0.3 is 4.57 Å². The van der Waals surface area contributed by atoms with Gasteiger partial charge in [-0.3, -0.25) is 0 Å². The highest BCUT2D eigenvalue weighted by molar-refractivity contribution is 7.89. The van der Waals surface area contributed by atoms with Gasteiger partial charge in [0.25, 0.3) is 0 Å². The Morgan fingerprint density at radius 3 is 2.25 bits per heavy atom. The van der Waals surface area contributed by atoms with E-state index in [0.29, 0.717) is 0 Å². The molecule has 5 heteroatoms. The predicted molar refractivity (Wildman–Crippen MR) is 96.9 cm³/mol. The number of hydrogen-bond acceptors (Lipinski definition) is 2. The molecule has 0 bridgehead atoms. The third-order valence-corrected chi connectivity index (χ3v) is 5.49. The lowest BCUT2D eigenvalue weighted by Gasteiger charge is -2.13. The van der Waals surface area contributed by atoms with Crippen LogP contribution < -0.4 is 4.72 Å². The topological polar surface area (TPSA) is 51.1 Å². The molecule has 4 nitrogen and oxygen atoms in total. The van der Waals surface area contributed by atoms with Crippen LogP contribution >= 0.6 is 0 Å². The highest BCUT2D eigenvalue weighted by atomic mass is 32.2. The first-order valence-corrected chi connectivity index (χ1v) is 9.20. The Labute approximate surface area is 142 Å². The molecule has 1 heterocycles. The summed E-state index contributed by atoms with van der Waals surface area (Å²) in [6, 6.07) is 19.4. The lowest BCUT2D eigenvalue weighted by atomic mass is 10.1. The number of nitrogens with one attached hydrogen (secondary N) is 1. The minimum absolute atomic E-state index is 0.260. The van der Waals surface area contributed by atoms with Crippen molar-refractivity contribution in [2.75, 3.05) is 7.05 Å². The lowest BCUT2D eigenvalue weighted by molar-refractivity contribution is 0.588. The number of aromatic nitrogens is 1. The molecular formula is C19H20N2O2S. The highest BCUT2D eigenvalue weighted by Crippen LogP contribution is 2.27. The Hall–Kier alpha value is -2.37. The van der Waals surface area contributed by atoms with Crippen LogP contribution in [-0.2, 0) is 10.0 Å². The van der Waals surface area contributed by atoms with Gasteiger partial charge >= 0.3 is 0 Å². The van der Waals surface area contributed by atoms with Gasteiger partial charge in [-0.1, -0.05) is 23.8 Å². The Balaban J connectivity index is 2.09. The fourth-order valence-electron chi connectivity index (χ4n) is 2.80. The van der Waals surface area contributed by atoms with Gasteiger partial charge in [0, 0.05) is 11.4 Å². The summed E-state index contributed by atoms with van der Waals surface area (Å²) in [6.07, 6.45) is 0. The van der Waals surface area contributed by atoms with Crippen LogP contribution in [0.1, 0.15) is 11.3 Å². The zero-order valence-electron chi connectivity index (χ0n) is 13.9. The molecule has 1 aromatic heterocycles. The van der Waals surface area contributed by atoms with E-state index in [1.165, 1.54) is 12.6 Å². The maximum Gasteiger partial charge on any atom is 0.240 e. The number of rotatable bonds is 4. The predicted octanol–water partition coefficient (Wildman–Crippen LogP) is 3.67. The average molecular weight is 340 g/mol. The van der Waals surface area contributed by atoms with Gasteiger partial charge in [-0.25, -0.2) is 13.1 Å². The quantitative estimate of drug-likeness (QED) is 0.788. The first-order valence-electron chi connectivity index (χ1n) is 7.72. The summed E-state index contributed by atoms with van der Waals surface area (Å²) in [5.41, 5.74) is 5.45. The third kappa shape index (κ3) is 3.00. The lowest BCUT2D eigenvalue weighted by Crippen LogP contribution is -2.18. The Bertz CT molecular complexity index is 971. The number of nitrogens with zero attached hydrogens (tertiary/aromatic N) is 1. The highest BCUT2D eigenvalue weighted by Gasteiger charge is 2.13. The monoisotopic (exact) mass is 340 g/mol. The van der Waals surface area contributed by atoms with Crippen molar-refractivity contribution in [2.45, 2.75) is 18.7 Å².